The molecular weight excluding hydrogens is 399 g/mol. The molecule has 31 heavy (non-hydrogen) atoms. The maximum absolute atomic E-state index is 14.8. The van der Waals surface area contributed by atoms with E-state index in [-0.39, 0.29) is 27.9 Å². The van der Waals surface area contributed by atoms with E-state index in [2.05, 4.69) is 4.90 Å². The van der Waals surface area contributed by atoms with Gasteiger partial charge in [0, 0.05) is 24.7 Å². The van der Waals surface area contributed by atoms with Gasteiger partial charge in [-0.05, 0) is 31.3 Å². The number of nitrogens with zero attached hydrogens (tertiary/aromatic N) is 2. The molecule has 1 amide bonds. The minimum Gasteiger partial charge on any atom is -0.497 e. The minimum absolute atomic E-state index is 0.0291. The molecule has 0 saturated heterocycles. The third-order valence-electron chi connectivity index (χ3n) is 5.93. The topological polar surface area (TPSA) is 63.0 Å². The van der Waals surface area contributed by atoms with E-state index in [0.717, 1.165) is 13.1 Å². The number of benzene rings is 2. The molecule has 2 aromatic carbocycles. The van der Waals surface area contributed by atoms with E-state index in [9.17, 15) is 14.0 Å². The first-order chi connectivity index (χ1) is 15.0. The first kappa shape index (κ1) is 21.1. The van der Waals surface area contributed by atoms with Gasteiger partial charge in [-0.3, -0.25) is 9.59 Å². The normalized spacial score (nSPS) is 15.7. The lowest BCUT2D eigenvalue weighted by atomic mass is 9.98. The van der Waals surface area contributed by atoms with E-state index in [4.69, 9.17) is 9.15 Å². The first-order valence-corrected chi connectivity index (χ1v) is 10.4. The SMILES string of the molecule is CCN(CC)CCN1C(=O)c2oc3cc(OC)ccc3c(=O)c2[C@H]1c1ccccc1F. The molecule has 4 rings (SSSR count). The second-order valence-corrected chi connectivity index (χ2v) is 7.49. The van der Waals surface area contributed by atoms with Gasteiger partial charge in [0.2, 0.25) is 5.76 Å². The van der Waals surface area contributed by atoms with Crippen molar-refractivity contribution >= 4 is 16.9 Å². The highest BCUT2D eigenvalue weighted by atomic mass is 19.1. The molecule has 1 aliphatic heterocycles. The minimum atomic E-state index is -0.831. The summed E-state index contributed by atoms with van der Waals surface area (Å²) in [6.07, 6.45) is 0. The lowest BCUT2D eigenvalue weighted by Gasteiger charge is -2.28. The average molecular weight is 424 g/mol. The number of methoxy groups -OCH3 is 1. The number of hydrogen-bond acceptors (Lipinski definition) is 5. The molecule has 0 aliphatic carbocycles. The van der Waals surface area contributed by atoms with Crippen LogP contribution in [0.1, 0.15) is 41.6 Å². The van der Waals surface area contributed by atoms with Crippen molar-refractivity contribution in [3.05, 3.63) is 75.4 Å². The number of ether oxygens (including phenoxy) is 1. The molecule has 0 spiro atoms. The van der Waals surface area contributed by atoms with Crippen LogP contribution in [0.4, 0.5) is 4.39 Å². The molecule has 0 saturated carbocycles. The zero-order valence-electron chi connectivity index (χ0n) is 17.9. The molecule has 6 nitrogen and oxygen atoms in total. The third kappa shape index (κ3) is 3.59. The lowest BCUT2D eigenvalue weighted by molar-refractivity contribution is 0.0706. The van der Waals surface area contributed by atoms with Crippen molar-refractivity contribution in [2.75, 3.05) is 33.3 Å². The van der Waals surface area contributed by atoms with E-state index in [0.29, 0.717) is 24.2 Å². The van der Waals surface area contributed by atoms with Crippen molar-refractivity contribution < 1.29 is 18.3 Å². The fourth-order valence-electron chi connectivity index (χ4n) is 4.17. The second kappa shape index (κ2) is 8.51. The Morgan fingerprint density at radius 3 is 2.55 bits per heavy atom. The average Bonchev–Trinajstić information content (AvgIpc) is 3.06. The van der Waals surface area contributed by atoms with Crippen molar-refractivity contribution in [2.45, 2.75) is 19.9 Å². The van der Waals surface area contributed by atoms with Crippen molar-refractivity contribution in [2.24, 2.45) is 0 Å². The molecule has 2 heterocycles. The molecule has 1 atom stereocenters. The van der Waals surface area contributed by atoms with Gasteiger partial charge in [-0.2, -0.15) is 0 Å². The lowest BCUT2D eigenvalue weighted by Crippen LogP contribution is -2.38. The van der Waals surface area contributed by atoms with E-state index in [1.165, 1.54) is 13.2 Å². The van der Waals surface area contributed by atoms with Crippen LogP contribution in [0.25, 0.3) is 11.0 Å². The monoisotopic (exact) mass is 424 g/mol. The largest absolute Gasteiger partial charge is 0.497 e. The molecule has 3 aromatic rings. The van der Waals surface area contributed by atoms with Gasteiger partial charge in [-0.15, -0.1) is 0 Å². The highest BCUT2D eigenvalue weighted by Crippen LogP contribution is 2.39. The van der Waals surface area contributed by atoms with Crippen LogP contribution in [0, 0.1) is 5.82 Å². The maximum Gasteiger partial charge on any atom is 0.290 e. The standard InChI is InChI=1S/C24H25FN2O4/c1-4-26(5-2)12-13-27-21(16-8-6-7-9-18(16)25)20-22(28)17-11-10-15(30-3)14-19(17)31-23(20)24(27)29/h6-11,14,21H,4-5,12-13H2,1-3H3/t21-/m1/s1. The Morgan fingerprint density at radius 1 is 1.13 bits per heavy atom. The molecule has 7 heteroatoms. The summed E-state index contributed by atoms with van der Waals surface area (Å²) >= 11 is 0. The van der Waals surface area contributed by atoms with Gasteiger partial charge in [-0.1, -0.05) is 32.0 Å². The van der Waals surface area contributed by atoms with E-state index in [1.54, 1.807) is 41.3 Å². The fourth-order valence-corrected chi connectivity index (χ4v) is 4.17. The first-order valence-electron chi connectivity index (χ1n) is 10.4. The molecule has 1 aliphatic rings. The summed E-state index contributed by atoms with van der Waals surface area (Å²) in [4.78, 5) is 30.5. The number of rotatable bonds is 7. The predicted molar refractivity (Wildman–Crippen MR) is 116 cm³/mol. The predicted octanol–water partition coefficient (Wildman–Crippen LogP) is 3.83. The van der Waals surface area contributed by atoms with Gasteiger partial charge in [0.15, 0.2) is 5.43 Å². The number of fused-ring (bicyclic) bond motifs is 2. The van der Waals surface area contributed by atoms with Crippen molar-refractivity contribution in [3.63, 3.8) is 0 Å². The van der Waals surface area contributed by atoms with Crippen LogP contribution in [0.15, 0.2) is 51.7 Å². The molecule has 0 radical (unpaired) electrons. The number of amides is 1. The summed E-state index contributed by atoms with van der Waals surface area (Å²) in [5.41, 5.74) is 0.418. The van der Waals surface area contributed by atoms with Crippen LogP contribution in [-0.4, -0.2) is 49.0 Å². The number of carbonyl (C=O) groups is 1. The fraction of sp³-hybridized carbons (Fsp3) is 0.333. The second-order valence-electron chi connectivity index (χ2n) is 7.49. The maximum atomic E-state index is 14.8. The Balaban J connectivity index is 1.89. The summed E-state index contributed by atoms with van der Waals surface area (Å²) in [5, 5.41) is 0.333. The van der Waals surface area contributed by atoms with Crippen molar-refractivity contribution in [1.29, 1.82) is 0 Å². The Morgan fingerprint density at radius 2 is 1.87 bits per heavy atom. The van der Waals surface area contributed by atoms with Crippen molar-refractivity contribution in [3.8, 4) is 5.75 Å². The summed E-state index contributed by atoms with van der Waals surface area (Å²) in [6, 6.07) is 10.3. The molecule has 0 fully saturated rings. The molecule has 0 bridgehead atoms. The molecule has 162 valence electrons. The molecular formula is C24H25FN2O4. The van der Waals surface area contributed by atoms with Gasteiger partial charge in [-0.25, -0.2) is 4.39 Å². The highest BCUT2D eigenvalue weighted by Gasteiger charge is 2.43. The van der Waals surface area contributed by atoms with Crippen LogP contribution < -0.4 is 10.2 Å². The van der Waals surface area contributed by atoms with Gasteiger partial charge >= 0.3 is 0 Å². The van der Waals surface area contributed by atoms with Crippen LogP contribution in [-0.2, 0) is 0 Å². The number of hydrogen-bond donors (Lipinski definition) is 0. The summed E-state index contributed by atoms with van der Waals surface area (Å²) in [7, 11) is 1.51. The smallest absolute Gasteiger partial charge is 0.290 e. The number of likely N-dealkylation sites (N-methyl/N-ethyl adjacent to an activating group) is 1. The summed E-state index contributed by atoms with van der Waals surface area (Å²) < 4.78 is 25.9. The van der Waals surface area contributed by atoms with Crippen LogP contribution in [0.5, 0.6) is 5.75 Å². The van der Waals surface area contributed by atoms with E-state index >= 15 is 0 Å². The Hall–Kier alpha value is -3.19. The molecule has 1 aromatic heterocycles. The third-order valence-corrected chi connectivity index (χ3v) is 5.93. The van der Waals surface area contributed by atoms with Gasteiger partial charge in [0.1, 0.15) is 17.1 Å². The Bertz CT molecular complexity index is 1190. The molecule has 0 unspecified atom stereocenters. The highest BCUT2D eigenvalue weighted by molar-refractivity contribution is 5.99. The van der Waals surface area contributed by atoms with Crippen LogP contribution in [0.2, 0.25) is 0 Å². The summed E-state index contributed by atoms with van der Waals surface area (Å²) in [5.74, 6) is -0.379. The number of halogens is 1. The zero-order valence-corrected chi connectivity index (χ0v) is 17.9. The number of carbonyl (C=O) groups excluding carboxylic acids is 1. The quantitative estimate of drug-likeness (QED) is 0.577. The van der Waals surface area contributed by atoms with Gasteiger partial charge in [0.25, 0.3) is 5.91 Å². The Labute approximate surface area is 179 Å². The summed E-state index contributed by atoms with van der Waals surface area (Å²) in [6.45, 7) is 6.71. The van der Waals surface area contributed by atoms with Gasteiger partial charge < -0.3 is 19.0 Å². The van der Waals surface area contributed by atoms with E-state index < -0.39 is 17.8 Å². The van der Waals surface area contributed by atoms with Crippen LogP contribution >= 0.6 is 0 Å². The Kier molecular flexibility index (Phi) is 5.78. The zero-order chi connectivity index (χ0) is 22.1. The van der Waals surface area contributed by atoms with Gasteiger partial charge in [0.05, 0.1) is 24.1 Å². The van der Waals surface area contributed by atoms with Crippen LogP contribution in [0.3, 0.4) is 0 Å². The molecule has 0 N–H and O–H groups in total. The van der Waals surface area contributed by atoms with Crippen molar-refractivity contribution in [1.82, 2.24) is 9.80 Å². The van der Waals surface area contributed by atoms with E-state index in [1.807, 2.05) is 13.8 Å².